The Morgan fingerprint density at radius 2 is 2.14 bits per heavy atom. The second-order valence-corrected chi connectivity index (χ2v) is 6.02. The van der Waals surface area contributed by atoms with Crippen molar-refractivity contribution in [3.05, 3.63) is 35.6 Å². The Morgan fingerprint density at radius 1 is 1.36 bits per heavy atom. The summed E-state index contributed by atoms with van der Waals surface area (Å²) in [7, 11) is 2.01. The van der Waals surface area contributed by atoms with Gasteiger partial charge in [0.1, 0.15) is 0 Å². The number of nitrogens with zero attached hydrogens (tertiary/aromatic N) is 5. The molecule has 0 radical (unpaired) electrons. The molecule has 2 N–H and O–H groups in total. The summed E-state index contributed by atoms with van der Waals surface area (Å²) in [6, 6.07) is 2.07. The monoisotopic (exact) mass is 432 g/mol. The molecule has 1 aliphatic heterocycles. The van der Waals surface area contributed by atoms with E-state index in [1.165, 1.54) is 5.56 Å². The average Bonchev–Trinajstić information content (AvgIpc) is 3.16. The zero-order valence-electron chi connectivity index (χ0n) is 12.6. The van der Waals surface area contributed by atoms with Crippen LogP contribution in [-0.4, -0.2) is 46.6 Å². The van der Waals surface area contributed by atoms with Crippen molar-refractivity contribution in [3.63, 3.8) is 0 Å². The summed E-state index contributed by atoms with van der Waals surface area (Å²) in [6.45, 7) is 4.30. The lowest BCUT2D eigenvalue weighted by atomic mass is 10.3. The molecule has 1 fully saturated rings. The van der Waals surface area contributed by atoms with Crippen LogP contribution in [0.15, 0.2) is 35.0 Å². The normalized spacial score (nSPS) is 15.8. The van der Waals surface area contributed by atoms with Crippen LogP contribution in [0.3, 0.4) is 0 Å². The zero-order chi connectivity index (χ0) is 14.7. The molecule has 1 aliphatic rings. The SMILES string of the molecule is Cn1ccc(CN=C(N)N2CCN(c3nccs3)CC2)c1.I. The molecular formula is C14H21IN6S. The second-order valence-electron chi connectivity index (χ2n) is 5.15. The van der Waals surface area contributed by atoms with E-state index in [0.29, 0.717) is 12.5 Å². The van der Waals surface area contributed by atoms with Crippen molar-refractivity contribution in [2.45, 2.75) is 6.54 Å². The van der Waals surface area contributed by atoms with Gasteiger partial charge in [0.25, 0.3) is 0 Å². The highest BCUT2D eigenvalue weighted by Gasteiger charge is 2.19. The van der Waals surface area contributed by atoms with Crippen LogP contribution in [0.4, 0.5) is 5.13 Å². The third-order valence-electron chi connectivity index (χ3n) is 3.61. The quantitative estimate of drug-likeness (QED) is 0.456. The molecule has 0 amide bonds. The van der Waals surface area contributed by atoms with E-state index in [2.05, 4.69) is 32.0 Å². The summed E-state index contributed by atoms with van der Waals surface area (Å²) in [4.78, 5) is 13.3. The number of aliphatic imine (C=N–C) groups is 1. The maximum absolute atomic E-state index is 6.10. The lowest BCUT2D eigenvalue weighted by Crippen LogP contribution is -2.51. The standard InChI is InChI=1S/C14H20N6S.HI/c1-18-4-2-12(11-18)10-17-13(15)19-5-7-20(8-6-19)14-16-3-9-21-14;/h2-4,9,11H,5-8,10H2,1H3,(H2,15,17);1H. The van der Waals surface area contributed by atoms with Crippen LogP contribution in [0.5, 0.6) is 0 Å². The molecule has 0 spiro atoms. The van der Waals surface area contributed by atoms with Gasteiger partial charge in [-0.2, -0.15) is 0 Å². The van der Waals surface area contributed by atoms with E-state index in [9.17, 15) is 0 Å². The first-order chi connectivity index (χ1) is 10.2. The number of halogens is 1. The minimum absolute atomic E-state index is 0. The molecule has 22 heavy (non-hydrogen) atoms. The van der Waals surface area contributed by atoms with Crippen molar-refractivity contribution >= 4 is 46.4 Å². The van der Waals surface area contributed by atoms with Crippen LogP contribution >= 0.6 is 35.3 Å². The average molecular weight is 432 g/mol. The molecule has 1 saturated heterocycles. The number of thiazole rings is 1. The molecule has 0 aliphatic carbocycles. The smallest absolute Gasteiger partial charge is 0.191 e. The molecule has 3 rings (SSSR count). The van der Waals surface area contributed by atoms with Gasteiger partial charge in [-0.25, -0.2) is 9.98 Å². The number of anilines is 1. The van der Waals surface area contributed by atoms with Gasteiger partial charge >= 0.3 is 0 Å². The lowest BCUT2D eigenvalue weighted by molar-refractivity contribution is 0.380. The van der Waals surface area contributed by atoms with Crippen LogP contribution in [0, 0.1) is 0 Å². The number of aryl methyl sites for hydroxylation is 1. The number of piperazine rings is 1. The minimum atomic E-state index is 0. The number of hydrogen-bond donors (Lipinski definition) is 1. The summed E-state index contributed by atoms with van der Waals surface area (Å²) in [5.41, 5.74) is 7.29. The van der Waals surface area contributed by atoms with Crippen LogP contribution in [0.25, 0.3) is 0 Å². The summed E-state index contributed by atoms with van der Waals surface area (Å²) in [5, 5.41) is 3.10. The van der Waals surface area contributed by atoms with Crippen molar-refractivity contribution in [3.8, 4) is 0 Å². The topological polar surface area (TPSA) is 62.7 Å². The van der Waals surface area contributed by atoms with Gasteiger partial charge in [-0.1, -0.05) is 0 Å². The van der Waals surface area contributed by atoms with Gasteiger partial charge in [0.05, 0.1) is 6.54 Å². The predicted molar refractivity (Wildman–Crippen MR) is 102 cm³/mol. The van der Waals surface area contributed by atoms with Gasteiger partial charge in [-0.15, -0.1) is 35.3 Å². The highest BCUT2D eigenvalue weighted by Crippen LogP contribution is 2.18. The molecule has 0 bridgehead atoms. The number of nitrogens with two attached hydrogens (primary N) is 1. The Balaban J connectivity index is 0.00000176. The maximum Gasteiger partial charge on any atom is 0.191 e. The van der Waals surface area contributed by atoms with Gasteiger partial charge in [-0.3, -0.25) is 0 Å². The van der Waals surface area contributed by atoms with E-state index in [1.54, 1.807) is 11.3 Å². The molecule has 3 heterocycles. The molecule has 0 unspecified atom stereocenters. The van der Waals surface area contributed by atoms with Gasteiger partial charge in [0.2, 0.25) is 0 Å². The van der Waals surface area contributed by atoms with Crippen molar-refractivity contribution in [1.29, 1.82) is 0 Å². The summed E-state index contributed by atoms with van der Waals surface area (Å²) in [6.07, 6.45) is 5.94. The Hall–Kier alpha value is -1.29. The molecular weight excluding hydrogens is 411 g/mol. The Labute approximate surface area is 151 Å². The van der Waals surface area contributed by atoms with Gasteiger partial charge in [0, 0.05) is 57.2 Å². The number of guanidine groups is 1. The van der Waals surface area contributed by atoms with Gasteiger partial charge in [0.15, 0.2) is 11.1 Å². The third-order valence-corrected chi connectivity index (χ3v) is 4.44. The van der Waals surface area contributed by atoms with Crippen molar-refractivity contribution in [2.24, 2.45) is 17.8 Å². The summed E-state index contributed by atoms with van der Waals surface area (Å²) in [5.74, 6) is 0.637. The molecule has 2 aromatic heterocycles. The molecule has 0 atom stereocenters. The van der Waals surface area contributed by atoms with Crippen LogP contribution < -0.4 is 10.6 Å². The molecule has 0 aromatic carbocycles. The van der Waals surface area contributed by atoms with Gasteiger partial charge in [-0.05, 0) is 11.6 Å². The van der Waals surface area contributed by atoms with E-state index in [-0.39, 0.29) is 24.0 Å². The fourth-order valence-electron chi connectivity index (χ4n) is 2.43. The number of aromatic nitrogens is 2. The molecule has 2 aromatic rings. The first-order valence-corrected chi connectivity index (χ1v) is 7.90. The highest BCUT2D eigenvalue weighted by molar-refractivity contribution is 14.0. The Bertz CT molecular complexity index is 601. The van der Waals surface area contributed by atoms with Crippen LogP contribution in [-0.2, 0) is 13.6 Å². The first kappa shape index (κ1) is 17.1. The van der Waals surface area contributed by atoms with E-state index in [0.717, 1.165) is 31.3 Å². The van der Waals surface area contributed by atoms with Crippen molar-refractivity contribution in [1.82, 2.24) is 14.5 Å². The van der Waals surface area contributed by atoms with Crippen molar-refractivity contribution < 1.29 is 0 Å². The fourth-order valence-corrected chi connectivity index (χ4v) is 3.12. The first-order valence-electron chi connectivity index (χ1n) is 7.02. The second kappa shape index (κ2) is 7.82. The van der Waals surface area contributed by atoms with Crippen molar-refractivity contribution in [2.75, 3.05) is 31.1 Å². The zero-order valence-corrected chi connectivity index (χ0v) is 15.7. The van der Waals surface area contributed by atoms with E-state index < -0.39 is 0 Å². The maximum atomic E-state index is 6.10. The number of hydrogen-bond acceptors (Lipinski definition) is 4. The summed E-state index contributed by atoms with van der Waals surface area (Å²) >= 11 is 1.68. The van der Waals surface area contributed by atoms with E-state index in [4.69, 9.17) is 5.73 Å². The van der Waals surface area contributed by atoms with E-state index >= 15 is 0 Å². The third kappa shape index (κ3) is 4.13. The molecule has 8 heteroatoms. The fraction of sp³-hybridized carbons (Fsp3) is 0.429. The number of rotatable bonds is 3. The summed E-state index contributed by atoms with van der Waals surface area (Å²) < 4.78 is 2.02. The Kier molecular flexibility index (Phi) is 6.07. The minimum Gasteiger partial charge on any atom is -0.370 e. The molecule has 6 nitrogen and oxygen atoms in total. The highest BCUT2D eigenvalue weighted by atomic mass is 127. The Morgan fingerprint density at radius 3 is 2.73 bits per heavy atom. The van der Waals surface area contributed by atoms with Crippen LogP contribution in [0.2, 0.25) is 0 Å². The molecule has 120 valence electrons. The largest absolute Gasteiger partial charge is 0.370 e. The molecule has 0 saturated carbocycles. The van der Waals surface area contributed by atoms with Crippen LogP contribution in [0.1, 0.15) is 5.56 Å². The van der Waals surface area contributed by atoms with E-state index in [1.807, 2.05) is 29.4 Å². The lowest BCUT2D eigenvalue weighted by Gasteiger charge is -2.35. The van der Waals surface area contributed by atoms with Gasteiger partial charge < -0.3 is 20.1 Å². The predicted octanol–water partition coefficient (Wildman–Crippen LogP) is 1.74.